The quantitative estimate of drug-likeness (QED) is 0.741. The van der Waals surface area contributed by atoms with E-state index in [0.29, 0.717) is 23.7 Å². The number of benzene rings is 1. The summed E-state index contributed by atoms with van der Waals surface area (Å²) < 4.78 is 12.1. The van der Waals surface area contributed by atoms with Crippen LogP contribution in [0.2, 0.25) is 0 Å². The van der Waals surface area contributed by atoms with E-state index in [9.17, 15) is 4.39 Å². The Labute approximate surface area is 102 Å². The van der Waals surface area contributed by atoms with E-state index >= 15 is 0 Å². The fourth-order valence-electron chi connectivity index (χ4n) is 2.58. The summed E-state index contributed by atoms with van der Waals surface area (Å²) in [6.45, 7) is 0. The summed E-state index contributed by atoms with van der Waals surface area (Å²) in [7, 11) is 0. The van der Waals surface area contributed by atoms with Crippen LogP contribution >= 0.6 is 0 Å². The lowest BCUT2D eigenvalue weighted by Gasteiger charge is -2.26. The standard InChI is InChI=1S/C15H16FN/c16-10-9-12-1-5-14(6-2-12)15-7-3-13(11-17)4-8-15/h3-4,7-10,12,14H,1-2,5-6H2/b10-9+. The van der Waals surface area contributed by atoms with E-state index in [0.717, 1.165) is 25.7 Å². The van der Waals surface area contributed by atoms with Gasteiger partial charge >= 0.3 is 0 Å². The zero-order valence-corrected chi connectivity index (χ0v) is 9.77. The smallest absolute Gasteiger partial charge is 0.0991 e. The van der Waals surface area contributed by atoms with Crippen molar-refractivity contribution in [1.82, 2.24) is 0 Å². The molecule has 0 spiro atoms. The molecule has 2 rings (SSSR count). The Hall–Kier alpha value is -1.62. The second-order valence-electron chi connectivity index (χ2n) is 4.66. The molecule has 0 bridgehead atoms. The lowest BCUT2D eigenvalue weighted by molar-refractivity contribution is 0.373. The van der Waals surface area contributed by atoms with E-state index in [1.165, 1.54) is 5.56 Å². The number of nitrogens with zero attached hydrogens (tertiary/aromatic N) is 1. The summed E-state index contributed by atoms with van der Waals surface area (Å²) in [5, 5.41) is 8.74. The van der Waals surface area contributed by atoms with Crippen LogP contribution < -0.4 is 0 Å². The van der Waals surface area contributed by atoms with Crippen LogP contribution in [0.5, 0.6) is 0 Å². The maximum atomic E-state index is 12.1. The van der Waals surface area contributed by atoms with Gasteiger partial charge in [0.1, 0.15) is 0 Å². The van der Waals surface area contributed by atoms with Crippen LogP contribution in [-0.4, -0.2) is 0 Å². The SMILES string of the molecule is N#Cc1ccc(C2CCC(/C=C/F)CC2)cc1. The third kappa shape index (κ3) is 2.94. The van der Waals surface area contributed by atoms with Crippen LogP contribution in [0.25, 0.3) is 0 Å². The molecular weight excluding hydrogens is 213 g/mol. The Kier molecular flexibility index (Phi) is 3.93. The van der Waals surface area contributed by atoms with Crippen molar-refractivity contribution in [2.75, 3.05) is 0 Å². The number of hydrogen-bond acceptors (Lipinski definition) is 1. The first kappa shape index (κ1) is 11.9. The minimum atomic E-state index is 0.412. The van der Waals surface area contributed by atoms with Gasteiger partial charge in [-0.2, -0.15) is 5.26 Å². The predicted molar refractivity (Wildman–Crippen MR) is 66.1 cm³/mol. The molecule has 1 aliphatic rings. The summed E-state index contributed by atoms with van der Waals surface area (Å²) in [5.74, 6) is 0.988. The Morgan fingerprint density at radius 2 is 1.76 bits per heavy atom. The molecule has 0 aliphatic heterocycles. The first-order valence-electron chi connectivity index (χ1n) is 6.10. The van der Waals surface area contributed by atoms with Gasteiger partial charge in [0.25, 0.3) is 0 Å². The molecule has 0 saturated heterocycles. The molecule has 1 nitrogen and oxygen atoms in total. The molecule has 17 heavy (non-hydrogen) atoms. The Bertz CT molecular complexity index is 419. The monoisotopic (exact) mass is 229 g/mol. The predicted octanol–water partition coefficient (Wildman–Crippen LogP) is 4.32. The van der Waals surface area contributed by atoms with Crippen molar-refractivity contribution >= 4 is 0 Å². The third-order valence-electron chi connectivity index (χ3n) is 3.63. The fraction of sp³-hybridized carbons (Fsp3) is 0.400. The minimum absolute atomic E-state index is 0.412. The van der Waals surface area contributed by atoms with Gasteiger partial charge in [0, 0.05) is 0 Å². The number of hydrogen-bond donors (Lipinski definition) is 0. The van der Waals surface area contributed by atoms with Crippen molar-refractivity contribution in [1.29, 1.82) is 5.26 Å². The fourth-order valence-corrected chi connectivity index (χ4v) is 2.58. The van der Waals surface area contributed by atoms with Crippen molar-refractivity contribution in [3.05, 3.63) is 47.8 Å². The van der Waals surface area contributed by atoms with Crippen molar-refractivity contribution in [2.45, 2.75) is 31.6 Å². The minimum Gasteiger partial charge on any atom is -0.216 e. The van der Waals surface area contributed by atoms with E-state index in [2.05, 4.69) is 18.2 Å². The Morgan fingerprint density at radius 1 is 1.12 bits per heavy atom. The molecule has 1 aliphatic carbocycles. The normalized spacial score (nSPS) is 24.7. The summed E-state index contributed by atoms with van der Waals surface area (Å²) in [4.78, 5) is 0. The van der Waals surface area contributed by atoms with Crippen LogP contribution in [0.1, 0.15) is 42.7 Å². The maximum absolute atomic E-state index is 12.1. The maximum Gasteiger partial charge on any atom is 0.0991 e. The Morgan fingerprint density at radius 3 is 2.29 bits per heavy atom. The lowest BCUT2D eigenvalue weighted by Crippen LogP contribution is -2.11. The van der Waals surface area contributed by atoms with E-state index in [1.807, 2.05) is 12.1 Å². The van der Waals surface area contributed by atoms with Crippen LogP contribution in [0.4, 0.5) is 4.39 Å². The lowest BCUT2D eigenvalue weighted by atomic mass is 9.79. The highest BCUT2D eigenvalue weighted by atomic mass is 19.1. The van der Waals surface area contributed by atoms with Gasteiger partial charge in [0.2, 0.25) is 0 Å². The van der Waals surface area contributed by atoms with Gasteiger partial charge in [-0.3, -0.25) is 0 Å². The first-order chi connectivity index (χ1) is 8.33. The molecule has 0 amide bonds. The van der Waals surface area contributed by atoms with Gasteiger partial charge < -0.3 is 0 Å². The highest BCUT2D eigenvalue weighted by Gasteiger charge is 2.20. The highest BCUT2D eigenvalue weighted by Crippen LogP contribution is 2.36. The van der Waals surface area contributed by atoms with Gasteiger partial charge in [-0.1, -0.05) is 18.2 Å². The van der Waals surface area contributed by atoms with Crippen LogP contribution in [-0.2, 0) is 0 Å². The molecular formula is C15H16FN. The largest absolute Gasteiger partial charge is 0.216 e. The van der Waals surface area contributed by atoms with Gasteiger partial charge in [-0.15, -0.1) is 0 Å². The number of rotatable bonds is 2. The van der Waals surface area contributed by atoms with E-state index < -0.39 is 0 Å². The van der Waals surface area contributed by atoms with Gasteiger partial charge in [-0.05, 0) is 55.2 Å². The molecule has 1 aromatic carbocycles. The molecule has 1 fully saturated rings. The van der Waals surface area contributed by atoms with E-state index in [1.54, 1.807) is 6.08 Å². The van der Waals surface area contributed by atoms with Gasteiger partial charge in [0.15, 0.2) is 0 Å². The van der Waals surface area contributed by atoms with Crippen LogP contribution in [0, 0.1) is 17.2 Å². The van der Waals surface area contributed by atoms with Crippen LogP contribution in [0.15, 0.2) is 36.7 Å². The summed E-state index contributed by atoms with van der Waals surface area (Å²) in [5.41, 5.74) is 2.02. The van der Waals surface area contributed by atoms with Gasteiger partial charge in [-0.25, -0.2) is 4.39 Å². The number of nitriles is 1. The molecule has 0 N–H and O–H groups in total. The Balaban J connectivity index is 1.98. The molecule has 0 aromatic heterocycles. The number of halogens is 1. The molecule has 0 heterocycles. The van der Waals surface area contributed by atoms with Gasteiger partial charge in [0.05, 0.1) is 18.0 Å². The summed E-state index contributed by atoms with van der Waals surface area (Å²) in [6.07, 6.45) is 6.69. The van der Waals surface area contributed by atoms with Crippen molar-refractivity contribution < 1.29 is 4.39 Å². The number of allylic oxidation sites excluding steroid dienone is 1. The van der Waals surface area contributed by atoms with Crippen LogP contribution in [0.3, 0.4) is 0 Å². The summed E-state index contributed by atoms with van der Waals surface area (Å²) in [6, 6.07) is 9.99. The van der Waals surface area contributed by atoms with Crippen molar-refractivity contribution in [3.63, 3.8) is 0 Å². The average molecular weight is 229 g/mol. The first-order valence-corrected chi connectivity index (χ1v) is 6.10. The molecule has 0 unspecified atom stereocenters. The van der Waals surface area contributed by atoms with Crippen molar-refractivity contribution in [2.24, 2.45) is 5.92 Å². The van der Waals surface area contributed by atoms with E-state index in [-0.39, 0.29) is 0 Å². The molecule has 2 heteroatoms. The van der Waals surface area contributed by atoms with E-state index in [4.69, 9.17) is 5.26 Å². The highest BCUT2D eigenvalue weighted by molar-refractivity contribution is 5.33. The topological polar surface area (TPSA) is 23.8 Å². The average Bonchev–Trinajstić information content (AvgIpc) is 2.40. The third-order valence-corrected chi connectivity index (χ3v) is 3.63. The zero-order chi connectivity index (χ0) is 12.1. The molecule has 88 valence electrons. The summed E-state index contributed by atoms with van der Waals surface area (Å²) >= 11 is 0. The molecule has 1 saturated carbocycles. The van der Waals surface area contributed by atoms with Crippen molar-refractivity contribution in [3.8, 4) is 6.07 Å². The second-order valence-corrected chi connectivity index (χ2v) is 4.66. The molecule has 0 radical (unpaired) electrons. The second kappa shape index (κ2) is 5.63. The molecule has 1 aromatic rings. The molecule has 0 atom stereocenters. The zero-order valence-electron chi connectivity index (χ0n) is 9.77.